The summed E-state index contributed by atoms with van der Waals surface area (Å²) in [5, 5.41) is 9.35. The van der Waals surface area contributed by atoms with Gasteiger partial charge in [-0.3, -0.25) is 9.79 Å². The third-order valence-corrected chi connectivity index (χ3v) is 3.85. The van der Waals surface area contributed by atoms with Gasteiger partial charge in [0.1, 0.15) is 0 Å². The number of aliphatic imine (C=N–C) groups is 1. The number of rotatable bonds is 5. The Kier molecular flexibility index (Phi) is 10.8. The molecular formula is C15H31IN4O. The molecule has 3 N–H and O–H groups in total. The van der Waals surface area contributed by atoms with Crippen LogP contribution in [0, 0.1) is 5.92 Å². The lowest BCUT2D eigenvalue weighted by atomic mass is 9.84. The van der Waals surface area contributed by atoms with Crippen molar-refractivity contribution in [1.82, 2.24) is 16.0 Å². The van der Waals surface area contributed by atoms with Crippen molar-refractivity contribution in [2.24, 2.45) is 10.9 Å². The van der Waals surface area contributed by atoms with E-state index in [2.05, 4.69) is 27.9 Å². The van der Waals surface area contributed by atoms with Crippen LogP contribution in [-0.4, -0.2) is 37.5 Å². The predicted octanol–water partition coefficient (Wildman–Crippen LogP) is 2.26. The first-order valence-corrected chi connectivity index (χ1v) is 7.81. The van der Waals surface area contributed by atoms with E-state index in [0.717, 1.165) is 11.9 Å². The lowest BCUT2D eigenvalue weighted by molar-refractivity contribution is -0.120. The first kappa shape index (κ1) is 20.5. The SMILES string of the molecule is CCC1CCC(NC(=NC)NCC(=O)NC(C)C)CC1.I. The maximum atomic E-state index is 11.6. The second kappa shape index (κ2) is 11.1. The molecule has 1 fully saturated rings. The minimum atomic E-state index is -0.00218. The van der Waals surface area contributed by atoms with Crippen LogP contribution in [0.15, 0.2) is 4.99 Å². The highest BCUT2D eigenvalue weighted by Crippen LogP contribution is 2.26. The van der Waals surface area contributed by atoms with Gasteiger partial charge in [-0.15, -0.1) is 24.0 Å². The normalized spacial score (nSPS) is 22.4. The lowest BCUT2D eigenvalue weighted by Crippen LogP contribution is -2.48. The van der Waals surface area contributed by atoms with Gasteiger partial charge in [-0.25, -0.2) is 0 Å². The largest absolute Gasteiger partial charge is 0.354 e. The van der Waals surface area contributed by atoms with Crippen molar-refractivity contribution in [3.05, 3.63) is 0 Å². The summed E-state index contributed by atoms with van der Waals surface area (Å²) < 4.78 is 0. The Bertz CT molecular complexity index is 326. The molecular weight excluding hydrogens is 379 g/mol. The molecule has 1 aliphatic carbocycles. The van der Waals surface area contributed by atoms with E-state index in [4.69, 9.17) is 0 Å². The van der Waals surface area contributed by atoms with Gasteiger partial charge in [-0.2, -0.15) is 0 Å². The van der Waals surface area contributed by atoms with Crippen molar-refractivity contribution in [3.8, 4) is 0 Å². The fourth-order valence-corrected chi connectivity index (χ4v) is 2.64. The van der Waals surface area contributed by atoms with Crippen LogP contribution < -0.4 is 16.0 Å². The molecule has 124 valence electrons. The number of hydrogen-bond donors (Lipinski definition) is 3. The van der Waals surface area contributed by atoms with Gasteiger partial charge in [-0.1, -0.05) is 13.3 Å². The van der Waals surface area contributed by atoms with E-state index in [1.807, 2.05) is 13.8 Å². The summed E-state index contributed by atoms with van der Waals surface area (Å²) in [6.07, 6.45) is 6.25. The molecule has 21 heavy (non-hydrogen) atoms. The van der Waals surface area contributed by atoms with Crippen LogP contribution in [-0.2, 0) is 4.79 Å². The van der Waals surface area contributed by atoms with Crippen molar-refractivity contribution in [2.45, 2.75) is 65.0 Å². The molecule has 5 nitrogen and oxygen atoms in total. The first-order valence-electron chi connectivity index (χ1n) is 7.81. The zero-order valence-electron chi connectivity index (χ0n) is 13.7. The molecule has 0 aliphatic heterocycles. The van der Waals surface area contributed by atoms with Crippen molar-refractivity contribution in [3.63, 3.8) is 0 Å². The molecule has 0 spiro atoms. The smallest absolute Gasteiger partial charge is 0.239 e. The number of nitrogens with one attached hydrogen (secondary N) is 3. The molecule has 0 aromatic carbocycles. The number of carbonyl (C=O) groups is 1. The zero-order valence-corrected chi connectivity index (χ0v) is 16.1. The van der Waals surface area contributed by atoms with Gasteiger partial charge in [0.2, 0.25) is 5.91 Å². The van der Waals surface area contributed by atoms with Crippen molar-refractivity contribution >= 4 is 35.8 Å². The van der Waals surface area contributed by atoms with E-state index in [0.29, 0.717) is 6.04 Å². The molecule has 0 saturated heterocycles. The molecule has 0 radical (unpaired) electrons. The Labute approximate surface area is 146 Å². The third kappa shape index (κ3) is 8.48. The topological polar surface area (TPSA) is 65.5 Å². The van der Waals surface area contributed by atoms with E-state index >= 15 is 0 Å². The van der Waals surface area contributed by atoms with Gasteiger partial charge in [0.15, 0.2) is 5.96 Å². The van der Waals surface area contributed by atoms with Crippen LogP contribution in [0.5, 0.6) is 0 Å². The molecule has 0 aromatic heterocycles. The summed E-state index contributed by atoms with van der Waals surface area (Å²) in [6, 6.07) is 0.653. The van der Waals surface area contributed by atoms with Gasteiger partial charge >= 0.3 is 0 Å². The Balaban J connectivity index is 0.00000400. The number of guanidine groups is 1. The Morgan fingerprint density at radius 2 is 1.86 bits per heavy atom. The van der Waals surface area contributed by atoms with E-state index in [-0.39, 0.29) is 42.5 Å². The molecule has 0 aromatic rings. The lowest BCUT2D eigenvalue weighted by Gasteiger charge is -2.29. The summed E-state index contributed by atoms with van der Waals surface area (Å²) in [5.74, 6) is 1.61. The van der Waals surface area contributed by atoms with Gasteiger partial charge < -0.3 is 16.0 Å². The minimum absolute atomic E-state index is 0. The van der Waals surface area contributed by atoms with Crippen molar-refractivity contribution in [1.29, 1.82) is 0 Å². The number of carbonyl (C=O) groups excluding carboxylic acids is 1. The maximum absolute atomic E-state index is 11.6. The highest BCUT2D eigenvalue weighted by molar-refractivity contribution is 14.0. The van der Waals surface area contributed by atoms with Gasteiger partial charge in [0.05, 0.1) is 6.54 Å². The van der Waals surface area contributed by atoms with Gasteiger partial charge in [0.25, 0.3) is 0 Å². The standard InChI is InChI=1S/C15H30N4O.HI/c1-5-12-6-8-13(9-7-12)19-15(16-4)17-10-14(20)18-11(2)3;/h11-13H,5-10H2,1-4H3,(H,18,20)(H2,16,17,19);1H. The second-order valence-electron chi connectivity index (χ2n) is 5.92. The minimum Gasteiger partial charge on any atom is -0.354 e. The van der Waals surface area contributed by atoms with Crippen LogP contribution in [0.4, 0.5) is 0 Å². The molecule has 6 heteroatoms. The highest BCUT2D eigenvalue weighted by Gasteiger charge is 2.20. The van der Waals surface area contributed by atoms with Crippen LogP contribution in [0.25, 0.3) is 0 Å². The monoisotopic (exact) mass is 410 g/mol. The number of nitrogens with zero attached hydrogens (tertiary/aromatic N) is 1. The quantitative estimate of drug-likeness (QED) is 0.370. The van der Waals surface area contributed by atoms with Gasteiger partial charge in [0, 0.05) is 19.1 Å². The molecule has 1 aliphatic rings. The summed E-state index contributed by atoms with van der Waals surface area (Å²) in [6.45, 7) is 6.45. The Hall–Kier alpha value is -0.530. The summed E-state index contributed by atoms with van der Waals surface area (Å²) in [5.41, 5.74) is 0. The van der Waals surface area contributed by atoms with E-state index in [9.17, 15) is 4.79 Å². The number of hydrogen-bond acceptors (Lipinski definition) is 2. The first-order chi connectivity index (χ1) is 9.55. The van der Waals surface area contributed by atoms with Crippen LogP contribution in [0.3, 0.4) is 0 Å². The number of amides is 1. The fourth-order valence-electron chi connectivity index (χ4n) is 2.64. The summed E-state index contributed by atoms with van der Waals surface area (Å²) >= 11 is 0. The third-order valence-electron chi connectivity index (χ3n) is 3.85. The average Bonchev–Trinajstić information content (AvgIpc) is 2.43. The molecule has 0 atom stereocenters. The fraction of sp³-hybridized carbons (Fsp3) is 0.867. The molecule has 0 unspecified atom stereocenters. The van der Waals surface area contributed by atoms with Crippen LogP contribution in [0.1, 0.15) is 52.9 Å². The Morgan fingerprint density at radius 1 is 1.24 bits per heavy atom. The van der Waals surface area contributed by atoms with E-state index in [1.54, 1.807) is 7.05 Å². The van der Waals surface area contributed by atoms with Crippen molar-refractivity contribution in [2.75, 3.05) is 13.6 Å². The van der Waals surface area contributed by atoms with Crippen molar-refractivity contribution < 1.29 is 4.79 Å². The molecule has 1 rings (SSSR count). The Morgan fingerprint density at radius 3 is 2.33 bits per heavy atom. The maximum Gasteiger partial charge on any atom is 0.239 e. The molecule has 0 bridgehead atoms. The highest BCUT2D eigenvalue weighted by atomic mass is 127. The van der Waals surface area contributed by atoms with Crippen LogP contribution >= 0.6 is 24.0 Å². The molecule has 1 saturated carbocycles. The summed E-state index contributed by atoms with van der Waals surface area (Å²) in [7, 11) is 1.74. The average molecular weight is 410 g/mol. The number of halogens is 1. The van der Waals surface area contributed by atoms with Crippen LogP contribution in [0.2, 0.25) is 0 Å². The van der Waals surface area contributed by atoms with E-state index < -0.39 is 0 Å². The summed E-state index contributed by atoms with van der Waals surface area (Å²) in [4.78, 5) is 15.8. The molecule has 0 heterocycles. The van der Waals surface area contributed by atoms with E-state index in [1.165, 1.54) is 32.1 Å². The van der Waals surface area contributed by atoms with Gasteiger partial charge in [-0.05, 0) is 45.4 Å². The zero-order chi connectivity index (χ0) is 15.0. The predicted molar refractivity (Wildman–Crippen MR) is 99.2 cm³/mol. The molecule has 1 amide bonds. The second-order valence-corrected chi connectivity index (χ2v) is 5.92.